The minimum absolute atomic E-state index is 0.0525. The molecule has 1 aromatic carbocycles. The number of benzene rings is 1. The summed E-state index contributed by atoms with van der Waals surface area (Å²) < 4.78 is 20.0. The minimum atomic E-state index is -0.768. The lowest BCUT2D eigenvalue weighted by atomic mass is 9.93. The molecular weight excluding hydrogens is 399 g/mol. The second-order valence-electron chi connectivity index (χ2n) is 7.64. The van der Waals surface area contributed by atoms with Crippen molar-refractivity contribution in [2.75, 3.05) is 16.8 Å². The summed E-state index contributed by atoms with van der Waals surface area (Å²) in [4.78, 5) is 38.3. The van der Waals surface area contributed by atoms with E-state index in [0.29, 0.717) is 24.0 Å². The van der Waals surface area contributed by atoms with Crippen LogP contribution < -0.4 is 10.2 Å². The summed E-state index contributed by atoms with van der Waals surface area (Å²) in [7, 11) is 0. The second kappa shape index (κ2) is 8.14. The highest BCUT2D eigenvalue weighted by molar-refractivity contribution is 6.35. The zero-order valence-electron chi connectivity index (χ0n) is 15.9. The van der Waals surface area contributed by atoms with Crippen molar-refractivity contribution in [2.24, 2.45) is 0 Å². The average Bonchev–Trinajstić information content (AvgIpc) is 3.29. The molecule has 1 fully saturated rings. The van der Waals surface area contributed by atoms with Crippen LogP contribution in [0.5, 0.6) is 0 Å². The van der Waals surface area contributed by atoms with E-state index in [1.807, 2.05) is 0 Å². The van der Waals surface area contributed by atoms with E-state index < -0.39 is 23.6 Å². The molecule has 8 heteroatoms. The van der Waals surface area contributed by atoms with E-state index in [0.717, 1.165) is 49.5 Å². The number of nitrogens with one attached hydrogen (secondary N) is 1. The molecule has 1 aliphatic heterocycles. The number of anilines is 2. The maximum absolute atomic E-state index is 14.6. The molecule has 0 bridgehead atoms. The predicted octanol–water partition coefficient (Wildman–Crippen LogP) is 4.12. The molecule has 1 saturated carbocycles. The maximum Gasteiger partial charge on any atom is 0.325 e. The van der Waals surface area contributed by atoms with Gasteiger partial charge in [0.2, 0.25) is 0 Å². The molecule has 6 nitrogen and oxygen atoms in total. The van der Waals surface area contributed by atoms with Crippen molar-refractivity contribution in [1.29, 1.82) is 0 Å². The lowest BCUT2D eigenvalue weighted by Gasteiger charge is -2.18. The van der Waals surface area contributed by atoms with Gasteiger partial charge in [-0.3, -0.25) is 14.4 Å². The Labute approximate surface area is 173 Å². The summed E-state index contributed by atoms with van der Waals surface area (Å²) in [5.41, 5.74) is 1.05. The molecule has 0 spiro atoms. The highest BCUT2D eigenvalue weighted by atomic mass is 35.5. The standard InChI is InChI=1S/C21H22ClFN2O4/c22-15-9-16(23)18(25-20(27)13-7-3-4-8-14(13)21(25)28)10-17(15)24-11-19(26)29-12-5-1-2-6-12/h9-10,12,24H,1-8,11H2. The summed E-state index contributed by atoms with van der Waals surface area (Å²) in [6, 6.07) is 2.34. The van der Waals surface area contributed by atoms with Crippen LogP contribution in [0.2, 0.25) is 5.02 Å². The number of hydrogen-bond donors (Lipinski definition) is 1. The predicted molar refractivity (Wildman–Crippen MR) is 106 cm³/mol. The number of halogens is 2. The quantitative estimate of drug-likeness (QED) is 0.572. The minimum Gasteiger partial charge on any atom is -0.461 e. The topological polar surface area (TPSA) is 75.7 Å². The normalized spacial score (nSPS) is 19.7. The van der Waals surface area contributed by atoms with Gasteiger partial charge in [-0.1, -0.05) is 11.6 Å². The number of rotatable bonds is 5. The third-order valence-corrected chi connectivity index (χ3v) is 6.00. The van der Waals surface area contributed by atoms with Crippen molar-refractivity contribution in [1.82, 2.24) is 0 Å². The molecule has 1 aromatic rings. The van der Waals surface area contributed by atoms with Crippen molar-refractivity contribution in [3.05, 3.63) is 34.1 Å². The Bertz CT molecular complexity index is 880. The number of ether oxygens (including phenoxy) is 1. The Morgan fingerprint density at radius 3 is 2.34 bits per heavy atom. The fraction of sp³-hybridized carbons (Fsp3) is 0.476. The van der Waals surface area contributed by atoms with Crippen LogP contribution in [-0.2, 0) is 19.1 Å². The molecule has 1 N–H and O–H groups in total. The highest BCUT2D eigenvalue weighted by Crippen LogP contribution is 2.38. The molecule has 0 atom stereocenters. The molecule has 0 unspecified atom stereocenters. The largest absolute Gasteiger partial charge is 0.461 e. The summed E-state index contributed by atoms with van der Waals surface area (Å²) >= 11 is 6.10. The van der Waals surface area contributed by atoms with Gasteiger partial charge in [0.1, 0.15) is 18.5 Å². The van der Waals surface area contributed by atoms with E-state index in [1.54, 1.807) is 0 Å². The van der Waals surface area contributed by atoms with Gasteiger partial charge in [0, 0.05) is 11.1 Å². The third-order valence-electron chi connectivity index (χ3n) is 5.69. The molecule has 4 rings (SSSR count). The van der Waals surface area contributed by atoms with Crippen molar-refractivity contribution < 1.29 is 23.5 Å². The fourth-order valence-electron chi connectivity index (χ4n) is 4.20. The van der Waals surface area contributed by atoms with Crippen LogP contribution in [0, 0.1) is 5.82 Å². The SMILES string of the molecule is O=C(CNc1cc(N2C(=O)C3=C(CCCC3)C2=O)c(F)cc1Cl)OC1CCCC1. The van der Waals surface area contributed by atoms with Gasteiger partial charge in [-0.05, 0) is 63.5 Å². The van der Waals surface area contributed by atoms with E-state index in [1.165, 1.54) is 6.07 Å². The lowest BCUT2D eigenvalue weighted by Crippen LogP contribution is -2.32. The van der Waals surface area contributed by atoms with E-state index in [2.05, 4.69) is 5.32 Å². The van der Waals surface area contributed by atoms with Gasteiger partial charge in [-0.15, -0.1) is 0 Å². The van der Waals surface area contributed by atoms with Gasteiger partial charge < -0.3 is 10.1 Å². The summed E-state index contributed by atoms with van der Waals surface area (Å²) in [6.45, 7) is -0.141. The van der Waals surface area contributed by atoms with Crippen LogP contribution in [0.1, 0.15) is 51.4 Å². The average molecular weight is 421 g/mol. The van der Waals surface area contributed by atoms with Crippen LogP contribution in [-0.4, -0.2) is 30.4 Å². The van der Waals surface area contributed by atoms with E-state index >= 15 is 0 Å². The van der Waals surface area contributed by atoms with Gasteiger partial charge in [-0.2, -0.15) is 0 Å². The Hall–Kier alpha value is -2.41. The molecule has 1 heterocycles. The number of carbonyl (C=O) groups excluding carboxylic acids is 3. The van der Waals surface area contributed by atoms with Crippen LogP contribution in [0.4, 0.5) is 15.8 Å². The highest BCUT2D eigenvalue weighted by Gasteiger charge is 2.41. The molecule has 2 amide bonds. The Morgan fingerprint density at radius 1 is 1.10 bits per heavy atom. The fourth-order valence-corrected chi connectivity index (χ4v) is 4.42. The molecule has 2 aliphatic carbocycles. The molecule has 0 aromatic heterocycles. The first-order valence-corrected chi connectivity index (χ1v) is 10.4. The van der Waals surface area contributed by atoms with E-state index in [-0.39, 0.29) is 29.0 Å². The van der Waals surface area contributed by atoms with Crippen molar-refractivity contribution in [3.8, 4) is 0 Å². The van der Waals surface area contributed by atoms with Gasteiger partial charge in [-0.25, -0.2) is 9.29 Å². The molecular formula is C21H22ClFN2O4. The van der Waals surface area contributed by atoms with Gasteiger partial charge >= 0.3 is 5.97 Å². The van der Waals surface area contributed by atoms with Crippen LogP contribution >= 0.6 is 11.6 Å². The zero-order valence-corrected chi connectivity index (χ0v) is 16.7. The first-order valence-electron chi connectivity index (χ1n) is 9.99. The molecule has 154 valence electrons. The van der Waals surface area contributed by atoms with Crippen molar-refractivity contribution in [2.45, 2.75) is 57.5 Å². The van der Waals surface area contributed by atoms with Gasteiger partial charge in [0.25, 0.3) is 11.8 Å². The second-order valence-corrected chi connectivity index (χ2v) is 8.05. The number of imide groups is 1. The van der Waals surface area contributed by atoms with Crippen molar-refractivity contribution >= 4 is 40.8 Å². The summed E-state index contributed by atoms with van der Waals surface area (Å²) in [5, 5.41) is 2.89. The number of amides is 2. The number of nitrogens with zero attached hydrogens (tertiary/aromatic N) is 1. The number of esters is 1. The summed E-state index contributed by atoms with van der Waals surface area (Å²) in [5.74, 6) is -2.14. The van der Waals surface area contributed by atoms with Crippen LogP contribution in [0.15, 0.2) is 23.3 Å². The summed E-state index contributed by atoms with van der Waals surface area (Å²) in [6.07, 6.45) is 6.51. The Kier molecular flexibility index (Phi) is 5.58. The molecule has 0 radical (unpaired) electrons. The number of hydrogen-bond acceptors (Lipinski definition) is 5. The molecule has 0 saturated heterocycles. The first kappa shape index (κ1) is 19.9. The van der Waals surface area contributed by atoms with Gasteiger partial charge in [0.05, 0.1) is 16.4 Å². The Balaban J connectivity index is 1.51. The first-order chi connectivity index (χ1) is 14.0. The smallest absolute Gasteiger partial charge is 0.325 e. The van der Waals surface area contributed by atoms with Crippen LogP contribution in [0.25, 0.3) is 0 Å². The van der Waals surface area contributed by atoms with Crippen molar-refractivity contribution in [3.63, 3.8) is 0 Å². The van der Waals surface area contributed by atoms with E-state index in [4.69, 9.17) is 16.3 Å². The Morgan fingerprint density at radius 2 is 1.72 bits per heavy atom. The molecule has 29 heavy (non-hydrogen) atoms. The van der Waals surface area contributed by atoms with Crippen LogP contribution in [0.3, 0.4) is 0 Å². The van der Waals surface area contributed by atoms with Gasteiger partial charge in [0.15, 0.2) is 0 Å². The molecule has 3 aliphatic rings. The third kappa shape index (κ3) is 3.88. The van der Waals surface area contributed by atoms with E-state index in [9.17, 15) is 18.8 Å². The maximum atomic E-state index is 14.6. The monoisotopic (exact) mass is 420 g/mol. The lowest BCUT2D eigenvalue weighted by molar-refractivity contribution is -0.146. The zero-order chi connectivity index (χ0) is 20.5. The number of carbonyl (C=O) groups is 3.